The zero-order chi connectivity index (χ0) is 15.5. The van der Waals surface area contributed by atoms with Crippen molar-refractivity contribution in [2.75, 3.05) is 31.7 Å². The number of likely N-dealkylation sites (N-methyl/N-ethyl adjacent to an activating group) is 1. The summed E-state index contributed by atoms with van der Waals surface area (Å²) in [5.41, 5.74) is -0.718. The SMILES string of the molecule is CN(CCOCC1CC1)c1ccc(C=O)cc1C(F)(F)F. The van der Waals surface area contributed by atoms with Gasteiger partial charge in [-0.2, -0.15) is 13.2 Å². The van der Waals surface area contributed by atoms with E-state index in [0.717, 1.165) is 6.07 Å². The van der Waals surface area contributed by atoms with Crippen LogP contribution in [0.5, 0.6) is 0 Å². The lowest BCUT2D eigenvalue weighted by Gasteiger charge is -2.23. The fourth-order valence-electron chi connectivity index (χ4n) is 2.04. The van der Waals surface area contributed by atoms with Gasteiger partial charge in [-0.05, 0) is 37.0 Å². The molecule has 1 saturated carbocycles. The summed E-state index contributed by atoms with van der Waals surface area (Å²) in [4.78, 5) is 12.2. The van der Waals surface area contributed by atoms with E-state index in [1.807, 2.05) is 0 Å². The van der Waals surface area contributed by atoms with E-state index < -0.39 is 11.7 Å². The maximum Gasteiger partial charge on any atom is 0.418 e. The zero-order valence-corrected chi connectivity index (χ0v) is 11.8. The molecule has 0 spiro atoms. The van der Waals surface area contributed by atoms with Crippen molar-refractivity contribution in [2.24, 2.45) is 5.92 Å². The van der Waals surface area contributed by atoms with E-state index in [1.54, 1.807) is 7.05 Å². The van der Waals surface area contributed by atoms with E-state index in [4.69, 9.17) is 4.74 Å². The van der Waals surface area contributed by atoms with Crippen LogP contribution in [0.15, 0.2) is 18.2 Å². The Hall–Kier alpha value is -1.56. The van der Waals surface area contributed by atoms with Crippen molar-refractivity contribution in [1.82, 2.24) is 0 Å². The van der Waals surface area contributed by atoms with Crippen LogP contribution < -0.4 is 4.90 Å². The number of carbonyl (C=O) groups is 1. The average molecular weight is 301 g/mol. The average Bonchev–Trinajstić information content (AvgIpc) is 3.26. The summed E-state index contributed by atoms with van der Waals surface area (Å²) in [6.45, 7) is 1.44. The first-order valence-corrected chi connectivity index (χ1v) is 6.87. The molecule has 1 aromatic rings. The number of hydrogen-bond acceptors (Lipinski definition) is 3. The van der Waals surface area contributed by atoms with Crippen molar-refractivity contribution in [3.8, 4) is 0 Å². The summed E-state index contributed by atoms with van der Waals surface area (Å²) in [6, 6.07) is 3.59. The molecule has 0 amide bonds. The lowest BCUT2D eigenvalue weighted by molar-refractivity contribution is -0.137. The minimum Gasteiger partial charge on any atom is -0.379 e. The number of alkyl halides is 3. The highest BCUT2D eigenvalue weighted by molar-refractivity contribution is 5.77. The standard InChI is InChI=1S/C15H18F3NO2/c1-19(6-7-21-10-11-2-3-11)14-5-4-12(9-20)8-13(14)15(16,17)18/h4-5,8-9,11H,2-3,6-7,10H2,1H3. The van der Waals surface area contributed by atoms with Crippen LogP contribution >= 0.6 is 0 Å². The van der Waals surface area contributed by atoms with Crippen LogP contribution in [0.2, 0.25) is 0 Å². The molecule has 0 N–H and O–H groups in total. The molecule has 0 aliphatic heterocycles. The fraction of sp³-hybridized carbons (Fsp3) is 0.533. The molecule has 1 aromatic carbocycles. The van der Waals surface area contributed by atoms with Crippen LogP contribution in [0.25, 0.3) is 0 Å². The summed E-state index contributed by atoms with van der Waals surface area (Å²) in [5, 5.41) is 0. The molecule has 21 heavy (non-hydrogen) atoms. The molecule has 3 nitrogen and oxygen atoms in total. The summed E-state index contributed by atoms with van der Waals surface area (Å²) in [5.74, 6) is 0.632. The van der Waals surface area contributed by atoms with Crippen molar-refractivity contribution < 1.29 is 22.7 Å². The van der Waals surface area contributed by atoms with Crippen LogP contribution in [0, 0.1) is 5.92 Å². The molecule has 1 aliphatic carbocycles. The first-order valence-electron chi connectivity index (χ1n) is 6.87. The van der Waals surface area contributed by atoms with Gasteiger partial charge >= 0.3 is 6.18 Å². The second-order valence-electron chi connectivity index (χ2n) is 5.33. The van der Waals surface area contributed by atoms with Crippen molar-refractivity contribution in [3.63, 3.8) is 0 Å². The van der Waals surface area contributed by atoms with E-state index in [1.165, 1.54) is 29.9 Å². The second kappa shape index (κ2) is 6.47. The third kappa shape index (κ3) is 4.46. The number of ether oxygens (including phenoxy) is 1. The van der Waals surface area contributed by atoms with Gasteiger partial charge in [0, 0.05) is 31.5 Å². The lowest BCUT2D eigenvalue weighted by Crippen LogP contribution is -2.25. The molecule has 0 radical (unpaired) electrons. The maximum atomic E-state index is 13.1. The van der Waals surface area contributed by atoms with Gasteiger partial charge in [0.1, 0.15) is 6.29 Å². The van der Waals surface area contributed by atoms with E-state index in [2.05, 4.69) is 0 Å². The Labute approximate surface area is 121 Å². The second-order valence-corrected chi connectivity index (χ2v) is 5.33. The highest BCUT2D eigenvalue weighted by Crippen LogP contribution is 2.36. The molecule has 6 heteroatoms. The minimum absolute atomic E-state index is 0.0180. The van der Waals surface area contributed by atoms with Gasteiger partial charge in [0.25, 0.3) is 0 Å². The molecule has 116 valence electrons. The van der Waals surface area contributed by atoms with Gasteiger partial charge in [0.05, 0.1) is 12.2 Å². The molecule has 2 rings (SSSR count). The minimum atomic E-state index is -4.49. The zero-order valence-electron chi connectivity index (χ0n) is 11.8. The smallest absolute Gasteiger partial charge is 0.379 e. The molecule has 0 saturated heterocycles. The van der Waals surface area contributed by atoms with Gasteiger partial charge in [-0.15, -0.1) is 0 Å². The van der Waals surface area contributed by atoms with Gasteiger partial charge in [-0.3, -0.25) is 4.79 Å². The monoisotopic (exact) mass is 301 g/mol. The van der Waals surface area contributed by atoms with Crippen LogP contribution in [-0.4, -0.2) is 33.1 Å². The number of anilines is 1. The van der Waals surface area contributed by atoms with Crippen LogP contribution in [0.4, 0.5) is 18.9 Å². The first kappa shape index (κ1) is 15.8. The van der Waals surface area contributed by atoms with Gasteiger partial charge in [-0.1, -0.05) is 0 Å². The van der Waals surface area contributed by atoms with E-state index >= 15 is 0 Å². The Bertz CT molecular complexity index is 498. The summed E-state index contributed by atoms with van der Waals surface area (Å²) in [6.07, 6.45) is -1.71. The Morgan fingerprint density at radius 3 is 2.67 bits per heavy atom. The largest absolute Gasteiger partial charge is 0.418 e. The van der Waals surface area contributed by atoms with Crippen molar-refractivity contribution >= 4 is 12.0 Å². The number of carbonyl (C=O) groups excluding carboxylic acids is 1. The van der Waals surface area contributed by atoms with Gasteiger partial charge in [0.2, 0.25) is 0 Å². The Balaban J connectivity index is 2.03. The third-order valence-corrected chi connectivity index (χ3v) is 3.49. The van der Waals surface area contributed by atoms with E-state index in [0.29, 0.717) is 32.0 Å². The molecule has 0 heterocycles. The molecule has 0 unspecified atom stereocenters. The number of benzene rings is 1. The topological polar surface area (TPSA) is 29.5 Å². The molecule has 1 fully saturated rings. The molecule has 1 aliphatic rings. The Morgan fingerprint density at radius 1 is 1.38 bits per heavy atom. The van der Waals surface area contributed by atoms with Crippen molar-refractivity contribution in [1.29, 1.82) is 0 Å². The highest BCUT2D eigenvalue weighted by atomic mass is 19.4. The molecule has 0 aromatic heterocycles. The molecular weight excluding hydrogens is 283 g/mol. The van der Waals surface area contributed by atoms with E-state index in [9.17, 15) is 18.0 Å². The predicted molar refractivity (Wildman–Crippen MR) is 73.6 cm³/mol. The summed E-state index contributed by atoms with van der Waals surface area (Å²) >= 11 is 0. The van der Waals surface area contributed by atoms with Crippen LogP contribution in [0.3, 0.4) is 0 Å². The van der Waals surface area contributed by atoms with E-state index in [-0.39, 0.29) is 11.3 Å². The first-order chi connectivity index (χ1) is 9.91. The fourth-order valence-corrected chi connectivity index (χ4v) is 2.04. The normalized spacial score (nSPS) is 15.0. The van der Waals surface area contributed by atoms with Crippen LogP contribution in [0.1, 0.15) is 28.8 Å². The highest BCUT2D eigenvalue weighted by Gasteiger charge is 2.34. The Kier molecular flexibility index (Phi) is 4.88. The molecule has 0 bridgehead atoms. The number of halogens is 3. The molecular formula is C15H18F3NO2. The summed E-state index contributed by atoms with van der Waals surface area (Å²) in [7, 11) is 1.59. The third-order valence-electron chi connectivity index (χ3n) is 3.49. The number of hydrogen-bond donors (Lipinski definition) is 0. The van der Waals surface area contributed by atoms with Gasteiger partial charge in [-0.25, -0.2) is 0 Å². The van der Waals surface area contributed by atoms with Crippen LogP contribution in [-0.2, 0) is 10.9 Å². The lowest BCUT2D eigenvalue weighted by atomic mass is 10.1. The van der Waals surface area contributed by atoms with Gasteiger partial charge < -0.3 is 9.64 Å². The number of aldehydes is 1. The Morgan fingerprint density at radius 2 is 2.10 bits per heavy atom. The quantitative estimate of drug-likeness (QED) is 0.571. The van der Waals surface area contributed by atoms with Crippen molar-refractivity contribution in [2.45, 2.75) is 19.0 Å². The summed E-state index contributed by atoms with van der Waals surface area (Å²) < 4.78 is 44.6. The predicted octanol–water partition coefficient (Wildman–Crippen LogP) is 3.38. The maximum absolute atomic E-state index is 13.1. The number of rotatable bonds is 7. The molecule has 0 atom stereocenters. The number of nitrogens with zero attached hydrogens (tertiary/aromatic N) is 1. The van der Waals surface area contributed by atoms with Gasteiger partial charge in [0.15, 0.2) is 0 Å². The van der Waals surface area contributed by atoms with Crippen molar-refractivity contribution in [3.05, 3.63) is 29.3 Å².